The Morgan fingerprint density at radius 3 is 2.46 bits per heavy atom. The van der Waals surface area contributed by atoms with Gasteiger partial charge in [0, 0.05) is 30.0 Å². The Balaban J connectivity index is 0.000000122. The van der Waals surface area contributed by atoms with E-state index in [2.05, 4.69) is 10.1 Å². The van der Waals surface area contributed by atoms with Crippen LogP contribution in [0.15, 0.2) is 40.9 Å². The van der Waals surface area contributed by atoms with Gasteiger partial charge < -0.3 is 43.2 Å². The number of phenols is 1. The van der Waals surface area contributed by atoms with E-state index >= 15 is 0 Å². The minimum absolute atomic E-state index is 0.0454. The van der Waals surface area contributed by atoms with E-state index in [-0.39, 0.29) is 36.0 Å². The maximum Gasteiger partial charge on any atom is 0.333 e. The molecule has 0 amide bonds. The fourth-order valence-corrected chi connectivity index (χ4v) is 11.5. The summed E-state index contributed by atoms with van der Waals surface area (Å²) in [4.78, 5) is 15.2. The number of sulfonamides is 1. The van der Waals surface area contributed by atoms with E-state index < -0.39 is 73.6 Å². The number of aliphatic hydroxyl groups is 1. The summed E-state index contributed by atoms with van der Waals surface area (Å²) >= 11 is 0. The molecule has 1 spiro atoms. The second-order valence-corrected chi connectivity index (χ2v) is 21.0. The van der Waals surface area contributed by atoms with Crippen molar-refractivity contribution < 1.29 is 69.0 Å². The fourth-order valence-electron chi connectivity index (χ4n) is 10.6. The van der Waals surface area contributed by atoms with Crippen molar-refractivity contribution in [2.45, 2.75) is 131 Å². The molecular weight excluding hydrogens is 841 g/mol. The van der Waals surface area contributed by atoms with Gasteiger partial charge in [0.1, 0.15) is 36.4 Å². The molecule has 0 unspecified atom stereocenters. The Hall–Kier alpha value is -3.32. The predicted molar refractivity (Wildman–Crippen MR) is 212 cm³/mol. The van der Waals surface area contributed by atoms with Gasteiger partial charge in [-0.3, -0.25) is 13.9 Å². The SMILES string of the molecule is CC1(C)O[C@@H]2[C@@H](CO[C@@]3(COS(N)(=O)=O)OC(C)(C)O[C@@H]23)O1.NS(=O)(=O)Cc1noc2ccccc12.O=C1CC[C@@]2(O)[C@H]3Cc4ccc(O)c5c4[C@@]2(CCN3CC2CC2)[C@H]1O5. The third kappa shape index (κ3) is 7.67. The maximum absolute atomic E-state index is 12.7. The number of benzene rings is 2. The number of primary sulfonamides is 1. The van der Waals surface area contributed by atoms with Gasteiger partial charge in [0.25, 0.3) is 0 Å². The highest BCUT2D eigenvalue weighted by atomic mass is 32.2. The van der Waals surface area contributed by atoms with Crippen LogP contribution in [0.2, 0.25) is 0 Å². The van der Waals surface area contributed by atoms with E-state index in [1.165, 1.54) is 12.8 Å². The van der Waals surface area contributed by atoms with Crippen molar-refractivity contribution >= 4 is 37.1 Å². The molecule has 2 saturated carbocycles. The Bertz CT molecular complexity index is 2460. The highest BCUT2D eigenvalue weighted by Crippen LogP contribution is 2.65. The largest absolute Gasteiger partial charge is 0.504 e. The van der Waals surface area contributed by atoms with Gasteiger partial charge in [0.15, 0.2) is 40.5 Å². The van der Waals surface area contributed by atoms with Crippen molar-refractivity contribution in [3.05, 3.63) is 53.2 Å². The number of rotatable bonds is 7. The lowest BCUT2D eigenvalue weighted by Crippen LogP contribution is -2.76. The quantitative estimate of drug-likeness (QED) is 0.263. The summed E-state index contributed by atoms with van der Waals surface area (Å²) in [5.41, 5.74) is 1.37. The number of piperidine rings is 1. The van der Waals surface area contributed by atoms with Gasteiger partial charge in [-0.15, -0.1) is 0 Å². The number of likely N-dealkylation sites (tertiary alicyclic amines) is 1. The summed E-state index contributed by atoms with van der Waals surface area (Å²) in [5, 5.41) is 36.4. The Kier molecular flexibility index (Phi) is 10.3. The van der Waals surface area contributed by atoms with E-state index in [4.69, 9.17) is 47.4 Å². The molecule has 1 aromatic heterocycles. The van der Waals surface area contributed by atoms with Crippen LogP contribution >= 0.6 is 0 Å². The Morgan fingerprint density at radius 1 is 0.984 bits per heavy atom. The average molecular weight is 893 g/mol. The third-order valence-electron chi connectivity index (χ3n) is 13.0. The number of phenolic OH excluding ortho intramolecular Hbond substituents is 1. The zero-order valence-electron chi connectivity index (χ0n) is 34.3. The molecule has 0 radical (unpaired) electrons. The maximum atomic E-state index is 12.7. The fraction of sp³-hybridized carbons (Fsp3) is 0.650. The summed E-state index contributed by atoms with van der Waals surface area (Å²) in [5.74, 6) is -2.10. The molecule has 334 valence electrons. The van der Waals surface area contributed by atoms with E-state index in [0.29, 0.717) is 35.3 Å². The van der Waals surface area contributed by atoms with Crippen molar-refractivity contribution in [2.24, 2.45) is 16.2 Å². The number of hydrogen-bond donors (Lipinski definition) is 4. The van der Waals surface area contributed by atoms with E-state index in [0.717, 1.165) is 43.0 Å². The summed E-state index contributed by atoms with van der Waals surface area (Å²) in [7, 11) is -7.70. The second kappa shape index (κ2) is 14.6. The van der Waals surface area contributed by atoms with Crippen LogP contribution in [-0.2, 0) is 70.6 Å². The van der Waals surface area contributed by atoms with Crippen LogP contribution in [0.5, 0.6) is 11.5 Å². The van der Waals surface area contributed by atoms with Crippen molar-refractivity contribution in [2.75, 3.05) is 26.3 Å². The standard InChI is InChI=1S/C20H23NO4.C12H21NO8S.C8H8N2O3S/c22-13-4-3-12-9-15-20(24)6-5-14(23)18-19(20,16(12)17(13)25-18)7-8-21(15)10-11-1-2-11;1-10(2)18-7-5-16-12(6-17-22(13,14)15)9(8(7)19-10)20-11(3,4)21-12;9-14(11,12)5-7-6-3-1-2-4-8(6)13-10-7/h3-4,11,15,18,22,24H,1-2,5-10H2;7-9H,5-6H2,1-4H3,(H2,13,14,15);1-4H,5H2,(H2,9,11,12)/t15-,18+,19+,20-;7-,8-,9+,12+;/m11./s1. The van der Waals surface area contributed by atoms with Crippen LogP contribution in [-0.4, -0.2) is 123 Å². The van der Waals surface area contributed by atoms with Crippen molar-refractivity contribution in [1.29, 1.82) is 0 Å². The number of carbonyl (C=O) groups excluding carboxylic acids is 1. The number of aromatic hydroxyl groups is 1. The molecule has 8 atom stereocenters. The van der Waals surface area contributed by atoms with Gasteiger partial charge in [-0.1, -0.05) is 23.4 Å². The van der Waals surface area contributed by atoms with Crippen molar-refractivity contribution in [3.8, 4) is 11.5 Å². The van der Waals surface area contributed by atoms with Crippen LogP contribution in [0.1, 0.15) is 76.6 Å². The zero-order chi connectivity index (χ0) is 43.5. The minimum atomic E-state index is -4.14. The molecule has 3 aromatic rings. The topological polar surface area (TPSA) is 272 Å². The van der Waals surface area contributed by atoms with E-state index in [1.807, 2.05) is 6.07 Å². The average Bonchev–Trinajstić information content (AvgIpc) is 3.49. The molecular formula is C40H52N4O15S2. The summed E-state index contributed by atoms with van der Waals surface area (Å²) in [6, 6.07) is 10.7. The number of carbonyl (C=O) groups is 1. The second-order valence-electron chi connectivity index (χ2n) is 18.2. The zero-order valence-corrected chi connectivity index (χ0v) is 35.9. The number of nitrogens with two attached hydrogens (primary N) is 2. The molecule has 19 nitrogen and oxygen atoms in total. The number of ether oxygens (including phenoxy) is 6. The predicted octanol–water partition coefficient (Wildman–Crippen LogP) is 1.75. The highest BCUT2D eigenvalue weighted by molar-refractivity contribution is 7.88. The molecule has 61 heavy (non-hydrogen) atoms. The summed E-state index contributed by atoms with van der Waals surface area (Å²) in [6.45, 7) is 8.66. The number of ketones is 1. The van der Waals surface area contributed by atoms with Gasteiger partial charge in [0.05, 0.1) is 17.6 Å². The van der Waals surface area contributed by atoms with Crippen LogP contribution in [0.4, 0.5) is 0 Å². The molecule has 21 heteroatoms. The highest BCUT2D eigenvalue weighted by Gasteiger charge is 2.73. The van der Waals surface area contributed by atoms with Gasteiger partial charge in [0.2, 0.25) is 15.8 Å². The first-order valence-electron chi connectivity index (χ1n) is 20.4. The lowest BCUT2D eigenvalue weighted by molar-refractivity contribution is -0.290. The number of fused-ring (bicyclic) bond motifs is 4. The lowest BCUT2D eigenvalue weighted by Gasteiger charge is -2.62. The monoisotopic (exact) mass is 892 g/mol. The van der Waals surface area contributed by atoms with E-state index in [1.54, 1.807) is 58.0 Å². The first-order valence-corrected chi connectivity index (χ1v) is 23.6. The molecule has 6 fully saturated rings. The molecule has 8 aliphatic rings. The minimum Gasteiger partial charge on any atom is -0.504 e. The van der Waals surface area contributed by atoms with Gasteiger partial charge in [-0.2, -0.15) is 8.42 Å². The number of aromatic nitrogens is 1. The Labute approximate surface area is 353 Å². The number of Topliss-reactive ketones (excluding diaryl/α,β-unsaturated/α-hetero) is 1. The molecule has 2 bridgehead atoms. The number of hydrogen-bond acceptors (Lipinski definition) is 17. The normalized spacial score (nSPS) is 35.2. The summed E-state index contributed by atoms with van der Waals surface area (Å²) < 4.78 is 88.5. The first kappa shape index (κ1) is 43.0. The number of para-hydroxylation sites is 1. The summed E-state index contributed by atoms with van der Waals surface area (Å²) in [6.07, 6.45) is 2.83. The third-order valence-corrected chi connectivity index (χ3v) is 14.2. The van der Waals surface area contributed by atoms with Crippen LogP contribution in [0.3, 0.4) is 0 Å². The molecule has 6 N–H and O–H groups in total. The van der Waals surface area contributed by atoms with Crippen LogP contribution in [0, 0.1) is 5.92 Å². The molecule has 5 aliphatic heterocycles. The van der Waals surface area contributed by atoms with Crippen molar-refractivity contribution in [3.63, 3.8) is 0 Å². The molecule has 11 rings (SSSR count). The number of nitrogens with zero attached hydrogens (tertiary/aromatic N) is 2. The molecule has 3 aliphatic carbocycles. The van der Waals surface area contributed by atoms with Gasteiger partial charge in [-0.25, -0.2) is 18.7 Å². The Morgan fingerprint density at radius 2 is 1.74 bits per heavy atom. The van der Waals surface area contributed by atoms with Crippen LogP contribution in [0.25, 0.3) is 11.0 Å². The smallest absolute Gasteiger partial charge is 0.333 e. The van der Waals surface area contributed by atoms with Crippen LogP contribution < -0.4 is 15.0 Å². The van der Waals surface area contributed by atoms with E-state index in [9.17, 15) is 31.8 Å². The molecule has 4 saturated heterocycles. The van der Waals surface area contributed by atoms with Gasteiger partial charge >= 0.3 is 10.3 Å². The van der Waals surface area contributed by atoms with Crippen molar-refractivity contribution in [1.82, 2.24) is 10.1 Å². The lowest BCUT2D eigenvalue weighted by atomic mass is 9.49. The first-order chi connectivity index (χ1) is 28.5. The molecule has 6 heterocycles. The van der Waals surface area contributed by atoms with Gasteiger partial charge in [-0.05, 0) is 96.0 Å². The molecule has 2 aromatic carbocycles.